The van der Waals surface area contributed by atoms with Crippen LogP contribution < -0.4 is 10.6 Å². The van der Waals surface area contributed by atoms with E-state index in [1.807, 2.05) is 65.1 Å². The second-order valence-corrected chi connectivity index (χ2v) is 16.6. The summed E-state index contributed by atoms with van der Waals surface area (Å²) in [5.74, 6) is -1.56. The highest BCUT2D eigenvalue weighted by Crippen LogP contribution is 2.30. The Morgan fingerprint density at radius 1 is 0.873 bits per heavy atom. The average molecular weight is 774 g/mol. The summed E-state index contributed by atoms with van der Waals surface area (Å²) in [6, 6.07) is 6.91. The number of aliphatic hydroxyl groups excluding tert-OH is 1. The minimum Gasteiger partial charge on any atom is -0.386 e. The van der Waals surface area contributed by atoms with Crippen molar-refractivity contribution in [1.82, 2.24) is 25.3 Å². The fraction of sp³-hybridized carbons (Fsp3) is 0.767. The summed E-state index contributed by atoms with van der Waals surface area (Å²) in [5, 5.41) is 16.9. The molecule has 55 heavy (non-hydrogen) atoms. The lowest BCUT2D eigenvalue weighted by Crippen LogP contribution is -2.60. The maximum atomic E-state index is 14.4. The second kappa shape index (κ2) is 22.6. The first-order chi connectivity index (χ1) is 25.9. The number of aliphatic hydroxyl groups is 1. The molecule has 0 radical (unpaired) electrons. The van der Waals surface area contributed by atoms with E-state index in [1.54, 1.807) is 44.9 Å². The van der Waals surface area contributed by atoms with E-state index in [0.29, 0.717) is 18.5 Å². The predicted octanol–water partition coefficient (Wildman–Crippen LogP) is 5.04. The molecular formula is C43H75N5O7. The summed E-state index contributed by atoms with van der Waals surface area (Å²) in [6.07, 6.45) is 1.03. The lowest BCUT2D eigenvalue weighted by atomic mass is 9.89. The van der Waals surface area contributed by atoms with Crippen LogP contribution >= 0.6 is 0 Å². The number of ether oxygens (including phenoxy) is 2. The topological polar surface area (TPSA) is 141 Å². The number of likely N-dealkylation sites (N-methyl/N-ethyl adjacent to an activating group) is 2. The van der Waals surface area contributed by atoms with Crippen LogP contribution in [-0.2, 0) is 28.7 Å². The Labute approximate surface area is 332 Å². The number of rotatable bonds is 22. The highest BCUT2D eigenvalue weighted by molar-refractivity contribution is 5.90. The largest absolute Gasteiger partial charge is 0.386 e. The summed E-state index contributed by atoms with van der Waals surface area (Å²) in [6.45, 7) is 20.3. The minimum absolute atomic E-state index is 0.0202. The molecule has 2 rings (SSSR count). The van der Waals surface area contributed by atoms with Crippen molar-refractivity contribution in [2.45, 2.75) is 156 Å². The molecule has 0 aliphatic carbocycles. The highest BCUT2D eigenvalue weighted by Gasteiger charge is 2.43. The predicted molar refractivity (Wildman–Crippen MR) is 218 cm³/mol. The van der Waals surface area contributed by atoms with Gasteiger partial charge in [-0.15, -0.1) is 0 Å². The molecule has 12 nitrogen and oxygen atoms in total. The molecule has 1 unspecified atom stereocenters. The number of likely N-dealkylation sites (tertiary alicyclic amines) is 1. The molecule has 1 aliphatic rings. The Morgan fingerprint density at radius 2 is 1.49 bits per heavy atom. The van der Waals surface area contributed by atoms with E-state index in [0.717, 1.165) is 19.3 Å². The number of nitrogens with one attached hydrogen (secondary N) is 2. The Balaban J connectivity index is 2.27. The third-order valence-corrected chi connectivity index (χ3v) is 12.1. The fourth-order valence-electron chi connectivity index (χ4n) is 8.17. The number of hydrogen-bond donors (Lipinski definition) is 3. The zero-order chi connectivity index (χ0) is 41.7. The smallest absolute Gasteiger partial charge is 0.245 e. The molecule has 0 saturated carbocycles. The van der Waals surface area contributed by atoms with Crippen molar-refractivity contribution in [1.29, 1.82) is 0 Å². The molecule has 1 heterocycles. The zero-order valence-corrected chi connectivity index (χ0v) is 36.4. The Morgan fingerprint density at radius 3 is 2.00 bits per heavy atom. The van der Waals surface area contributed by atoms with Gasteiger partial charge in [-0.05, 0) is 63.5 Å². The number of nitrogens with zero attached hydrogens (tertiary/aromatic N) is 3. The maximum Gasteiger partial charge on any atom is 0.245 e. The number of carbonyl (C=O) groups is 4. The minimum atomic E-state index is -0.877. The molecule has 3 N–H and O–H groups in total. The molecule has 314 valence electrons. The van der Waals surface area contributed by atoms with Gasteiger partial charge in [0.1, 0.15) is 6.04 Å². The van der Waals surface area contributed by atoms with Crippen LogP contribution in [0.3, 0.4) is 0 Å². The summed E-state index contributed by atoms with van der Waals surface area (Å²) in [5.41, 5.74) is 0.712. The van der Waals surface area contributed by atoms with E-state index in [-0.39, 0.29) is 59.9 Å². The van der Waals surface area contributed by atoms with Crippen molar-refractivity contribution in [3.05, 3.63) is 35.9 Å². The molecule has 4 amide bonds. The second-order valence-electron chi connectivity index (χ2n) is 16.6. The van der Waals surface area contributed by atoms with Gasteiger partial charge in [-0.3, -0.25) is 24.1 Å². The van der Waals surface area contributed by atoms with Gasteiger partial charge < -0.3 is 35.0 Å². The third-order valence-electron chi connectivity index (χ3n) is 12.1. The van der Waals surface area contributed by atoms with E-state index in [4.69, 9.17) is 9.47 Å². The quantitative estimate of drug-likeness (QED) is 0.149. The van der Waals surface area contributed by atoms with Gasteiger partial charge in [0.25, 0.3) is 0 Å². The van der Waals surface area contributed by atoms with E-state index in [2.05, 4.69) is 43.2 Å². The first kappa shape index (κ1) is 48.1. The molecule has 11 atom stereocenters. The van der Waals surface area contributed by atoms with Crippen LogP contribution in [0.4, 0.5) is 0 Å². The molecule has 0 spiro atoms. The van der Waals surface area contributed by atoms with Gasteiger partial charge in [-0.1, -0.05) is 92.1 Å². The van der Waals surface area contributed by atoms with Crippen LogP contribution in [0.2, 0.25) is 0 Å². The first-order valence-corrected chi connectivity index (χ1v) is 20.5. The Bertz CT molecular complexity index is 1350. The van der Waals surface area contributed by atoms with Crippen molar-refractivity contribution in [2.75, 3.05) is 34.9 Å². The van der Waals surface area contributed by atoms with Crippen molar-refractivity contribution < 1.29 is 33.8 Å². The van der Waals surface area contributed by atoms with Gasteiger partial charge >= 0.3 is 0 Å². The Hall–Kier alpha value is -3.06. The molecule has 0 aromatic heterocycles. The van der Waals surface area contributed by atoms with Gasteiger partial charge in [0.15, 0.2) is 0 Å². The third kappa shape index (κ3) is 12.5. The zero-order valence-electron chi connectivity index (χ0n) is 36.4. The summed E-state index contributed by atoms with van der Waals surface area (Å²) in [4.78, 5) is 61.5. The standard InChI is InChI=1S/C43H75N5O7/c1-15-28(7)38(47(12)43(53)36(26(3)4)45-42(52)37(27(5)6)46(11)29(8)16-2)34(54-13)25-35(49)48-24-20-23-33(48)40(55-14)30(9)41(51)44-31(10)39(50)32-21-18-17-19-22-32/h17-19,21-22,26-31,33-34,36-40,50H,15-16,20,23-25H2,1-14H3,(H,44,51)(H,45,52)/t28-,29?,30+,31+,33-,34+,36-,37-,38-,39+,40+/m0/s1. The molecule has 1 aromatic carbocycles. The van der Waals surface area contributed by atoms with Crippen molar-refractivity contribution in [2.24, 2.45) is 23.7 Å². The molecule has 1 saturated heterocycles. The lowest BCUT2D eigenvalue weighted by Gasteiger charge is -2.41. The number of hydrogen-bond acceptors (Lipinski definition) is 8. The van der Waals surface area contributed by atoms with Gasteiger partial charge in [-0.25, -0.2) is 0 Å². The van der Waals surface area contributed by atoms with Gasteiger partial charge in [0.05, 0.1) is 54.8 Å². The van der Waals surface area contributed by atoms with Crippen LogP contribution in [0, 0.1) is 23.7 Å². The SMILES string of the molecule is CCC(C)N(C)[C@H](C(=O)N[C@H](C(=O)N(C)[C@@H]([C@@H](C)CC)[C@@H](CC(=O)N1CCC[C@H]1[C@H](OC)[C@@H](C)C(=O)N[C@H](C)[C@@H](O)c1ccccc1)OC)C(C)C)C(C)C. The van der Waals surface area contributed by atoms with Gasteiger partial charge in [0.2, 0.25) is 23.6 Å². The Kier molecular flexibility index (Phi) is 19.8. The van der Waals surface area contributed by atoms with E-state index < -0.39 is 48.4 Å². The average Bonchev–Trinajstić information content (AvgIpc) is 3.65. The molecule has 1 aliphatic heterocycles. The van der Waals surface area contributed by atoms with Gasteiger partial charge in [-0.2, -0.15) is 0 Å². The number of carbonyl (C=O) groups excluding carboxylic acids is 4. The summed E-state index contributed by atoms with van der Waals surface area (Å²) < 4.78 is 12.0. The maximum absolute atomic E-state index is 14.4. The number of benzene rings is 1. The molecule has 1 aromatic rings. The van der Waals surface area contributed by atoms with Crippen molar-refractivity contribution in [3.63, 3.8) is 0 Å². The fourth-order valence-corrected chi connectivity index (χ4v) is 8.17. The van der Waals surface area contributed by atoms with Crippen LogP contribution in [0.5, 0.6) is 0 Å². The van der Waals surface area contributed by atoms with Crippen LogP contribution in [0.15, 0.2) is 30.3 Å². The molecule has 0 bridgehead atoms. The normalized spacial score (nSPS) is 20.3. The number of methoxy groups -OCH3 is 2. The first-order valence-electron chi connectivity index (χ1n) is 20.5. The summed E-state index contributed by atoms with van der Waals surface area (Å²) in [7, 11) is 6.84. The lowest BCUT2D eigenvalue weighted by molar-refractivity contribution is -0.148. The molecule has 1 fully saturated rings. The van der Waals surface area contributed by atoms with Crippen molar-refractivity contribution >= 4 is 23.6 Å². The van der Waals surface area contributed by atoms with E-state index in [9.17, 15) is 24.3 Å². The van der Waals surface area contributed by atoms with E-state index in [1.165, 1.54) is 0 Å². The van der Waals surface area contributed by atoms with Crippen LogP contribution in [0.1, 0.15) is 113 Å². The van der Waals surface area contributed by atoms with Crippen molar-refractivity contribution in [3.8, 4) is 0 Å². The monoisotopic (exact) mass is 774 g/mol. The van der Waals surface area contributed by atoms with Crippen LogP contribution in [-0.4, -0.2) is 127 Å². The van der Waals surface area contributed by atoms with Crippen LogP contribution in [0.25, 0.3) is 0 Å². The summed E-state index contributed by atoms with van der Waals surface area (Å²) >= 11 is 0. The molecule has 12 heteroatoms. The molecular weight excluding hydrogens is 699 g/mol. The number of amides is 4. The highest BCUT2D eigenvalue weighted by atomic mass is 16.5. The van der Waals surface area contributed by atoms with Gasteiger partial charge in [0, 0.05) is 33.9 Å². The van der Waals surface area contributed by atoms with E-state index >= 15 is 0 Å².